The lowest BCUT2D eigenvalue weighted by Gasteiger charge is -2.17. The second-order valence-electron chi connectivity index (χ2n) is 7.57. The highest BCUT2D eigenvalue weighted by Gasteiger charge is 2.26. The van der Waals surface area contributed by atoms with E-state index in [9.17, 15) is 14.4 Å². The highest BCUT2D eigenvalue weighted by Crippen LogP contribution is 2.29. The minimum Gasteiger partial charge on any atom is -0.492 e. The smallest absolute Gasteiger partial charge is 0.341 e. The highest BCUT2D eigenvalue weighted by molar-refractivity contribution is 6.04. The summed E-state index contributed by atoms with van der Waals surface area (Å²) in [4.78, 5) is 38.3. The SMILES string of the molecule is CCCCOC(=O)c1cc(C(=O)OCCCC)c(OCCCC)c(C(=O)OCCCC)c1. The summed E-state index contributed by atoms with van der Waals surface area (Å²) in [6.45, 7) is 9.05. The molecule has 1 aromatic carbocycles. The zero-order chi connectivity index (χ0) is 23.8. The topological polar surface area (TPSA) is 88.1 Å². The Balaban J connectivity index is 3.37. The molecular formula is C25H38O7. The maximum Gasteiger partial charge on any atom is 0.341 e. The molecule has 0 radical (unpaired) electrons. The maximum atomic E-state index is 12.8. The maximum absolute atomic E-state index is 12.8. The predicted molar refractivity (Wildman–Crippen MR) is 122 cm³/mol. The van der Waals surface area contributed by atoms with Gasteiger partial charge in [-0.1, -0.05) is 53.4 Å². The Morgan fingerprint density at radius 1 is 0.594 bits per heavy atom. The Kier molecular flexibility index (Phi) is 13.8. The number of unbranched alkanes of at least 4 members (excludes halogenated alkanes) is 4. The Labute approximate surface area is 191 Å². The predicted octanol–water partition coefficient (Wildman–Crippen LogP) is 5.74. The van der Waals surface area contributed by atoms with Crippen molar-refractivity contribution in [3.63, 3.8) is 0 Å². The van der Waals surface area contributed by atoms with Crippen molar-refractivity contribution in [2.45, 2.75) is 79.1 Å². The third-order valence-electron chi connectivity index (χ3n) is 4.70. The summed E-state index contributed by atoms with van der Waals surface area (Å²) in [5.74, 6) is -1.80. The van der Waals surface area contributed by atoms with Gasteiger partial charge in [0.25, 0.3) is 0 Å². The zero-order valence-corrected chi connectivity index (χ0v) is 20.0. The molecule has 0 amide bonds. The van der Waals surface area contributed by atoms with E-state index >= 15 is 0 Å². The van der Waals surface area contributed by atoms with Crippen molar-refractivity contribution < 1.29 is 33.3 Å². The first-order valence-corrected chi connectivity index (χ1v) is 11.8. The molecular weight excluding hydrogens is 412 g/mol. The second kappa shape index (κ2) is 16.1. The monoisotopic (exact) mass is 450 g/mol. The van der Waals surface area contributed by atoms with Crippen LogP contribution in [0.3, 0.4) is 0 Å². The van der Waals surface area contributed by atoms with Gasteiger partial charge in [0.2, 0.25) is 0 Å². The van der Waals surface area contributed by atoms with Crippen LogP contribution in [0.2, 0.25) is 0 Å². The molecule has 0 aliphatic rings. The minimum atomic E-state index is -0.643. The molecule has 0 fully saturated rings. The van der Waals surface area contributed by atoms with Crippen molar-refractivity contribution in [3.05, 3.63) is 28.8 Å². The van der Waals surface area contributed by atoms with Gasteiger partial charge in [-0.15, -0.1) is 0 Å². The van der Waals surface area contributed by atoms with Gasteiger partial charge in [0, 0.05) is 0 Å². The molecule has 0 aliphatic heterocycles. The number of ether oxygens (including phenoxy) is 4. The van der Waals surface area contributed by atoms with E-state index in [-0.39, 0.29) is 42.3 Å². The van der Waals surface area contributed by atoms with Crippen LogP contribution in [-0.2, 0) is 14.2 Å². The number of rotatable bonds is 16. The molecule has 0 aliphatic carbocycles. The molecule has 180 valence electrons. The summed E-state index contributed by atoms with van der Waals surface area (Å²) in [7, 11) is 0. The zero-order valence-electron chi connectivity index (χ0n) is 20.0. The first-order chi connectivity index (χ1) is 15.5. The molecule has 1 rings (SSSR count). The van der Waals surface area contributed by atoms with E-state index in [0.29, 0.717) is 19.4 Å². The largest absolute Gasteiger partial charge is 0.492 e. The van der Waals surface area contributed by atoms with Crippen LogP contribution < -0.4 is 4.74 Å². The third kappa shape index (κ3) is 9.28. The normalized spacial score (nSPS) is 10.5. The summed E-state index contributed by atoms with van der Waals surface area (Å²) in [6, 6.07) is 2.76. The van der Waals surface area contributed by atoms with Gasteiger partial charge in [0.1, 0.15) is 16.9 Å². The average Bonchev–Trinajstić information content (AvgIpc) is 2.79. The van der Waals surface area contributed by atoms with Crippen molar-refractivity contribution >= 4 is 17.9 Å². The van der Waals surface area contributed by atoms with Crippen molar-refractivity contribution in [1.82, 2.24) is 0 Å². The molecule has 0 saturated carbocycles. The summed E-state index contributed by atoms with van der Waals surface area (Å²) >= 11 is 0. The van der Waals surface area contributed by atoms with Crippen LogP contribution in [0.1, 0.15) is 110 Å². The van der Waals surface area contributed by atoms with Crippen LogP contribution in [0.5, 0.6) is 5.75 Å². The van der Waals surface area contributed by atoms with Gasteiger partial charge < -0.3 is 18.9 Å². The van der Waals surface area contributed by atoms with Crippen molar-refractivity contribution in [3.8, 4) is 5.75 Å². The molecule has 0 saturated heterocycles. The fourth-order valence-electron chi connectivity index (χ4n) is 2.69. The van der Waals surface area contributed by atoms with Crippen LogP contribution in [0, 0.1) is 0 Å². The molecule has 1 aromatic rings. The van der Waals surface area contributed by atoms with E-state index in [0.717, 1.165) is 38.5 Å². The first-order valence-electron chi connectivity index (χ1n) is 11.8. The number of hydrogen-bond donors (Lipinski definition) is 0. The Bertz CT molecular complexity index is 684. The first kappa shape index (κ1) is 27.5. The molecule has 0 aromatic heterocycles. The molecule has 32 heavy (non-hydrogen) atoms. The standard InChI is InChI=1S/C25H38O7/c1-5-9-13-29-22-20(24(27)31-15-11-7-3)17-19(23(26)30-14-10-6-2)18-21(22)25(28)32-16-12-8-4/h17-18H,5-16H2,1-4H3. The van der Waals surface area contributed by atoms with E-state index in [1.54, 1.807) is 0 Å². The fourth-order valence-corrected chi connectivity index (χ4v) is 2.69. The van der Waals surface area contributed by atoms with Crippen molar-refractivity contribution in [2.75, 3.05) is 26.4 Å². The van der Waals surface area contributed by atoms with Crippen molar-refractivity contribution in [2.24, 2.45) is 0 Å². The quantitative estimate of drug-likeness (QED) is 0.180. The van der Waals surface area contributed by atoms with Crippen LogP contribution in [0.4, 0.5) is 0 Å². The Morgan fingerprint density at radius 2 is 0.969 bits per heavy atom. The summed E-state index contributed by atoms with van der Waals surface area (Å²) in [6.07, 6.45) is 6.38. The van der Waals surface area contributed by atoms with Gasteiger partial charge in [-0.25, -0.2) is 14.4 Å². The number of hydrogen-bond acceptors (Lipinski definition) is 7. The summed E-state index contributed by atoms with van der Waals surface area (Å²) in [5.41, 5.74) is 0.156. The molecule has 0 unspecified atom stereocenters. The molecule has 0 heterocycles. The molecule has 7 heteroatoms. The molecule has 0 bridgehead atoms. The molecule has 7 nitrogen and oxygen atoms in total. The lowest BCUT2D eigenvalue weighted by atomic mass is 10.0. The Morgan fingerprint density at radius 3 is 1.38 bits per heavy atom. The van der Waals surface area contributed by atoms with E-state index in [4.69, 9.17) is 18.9 Å². The average molecular weight is 451 g/mol. The number of esters is 3. The van der Waals surface area contributed by atoms with Crippen LogP contribution in [0.25, 0.3) is 0 Å². The van der Waals surface area contributed by atoms with E-state index < -0.39 is 17.9 Å². The third-order valence-corrected chi connectivity index (χ3v) is 4.70. The van der Waals surface area contributed by atoms with E-state index in [1.165, 1.54) is 12.1 Å². The van der Waals surface area contributed by atoms with Gasteiger partial charge >= 0.3 is 17.9 Å². The van der Waals surface area contributed by atoms with Gasteiger partial charge in [-0.05, 0) is 37.8 Å². The van der Waals surface area contributed by atoms with Crippen molar-refractivity contribution in [1.29, 1.82) is 0 Å². The van der Waals surface area contributed by atoms with Crippen LogP contribution in [0.15, 0.2) is 12.1 Å². The number of carbonyl (C=O) groups is 3. The highest BCUT2D eigenvalue weighted by atomic mass is 16.5. The molecule has 0 N–H and O–H groups in total. The number of carbonyl (C=O) groups excluding carboxylic acids is 3. The van der Waals surface area contributed by atoms with Gasteiger partial charge in [-0.2, -0.15) is 0 Å². The van der Waals surface area contributed by atoms with Crippen LogP contribution in [-0.4, -0.2) is 44.3 Å². The van der Waals surface area contributed by atoms with Gasteiger partial charge in [0.05, 0.1) is 32.0 Å². The minimum absolute atomic E-state index is 0.0320. The van der Waals surface area contributed by atoms with Gasteiger partial charge in [-0.3, -0.25) is 0 Å². The van der Waals surface area contributed by atoms with Crippen LogP contribution >= 0.6 is 0 Å². The lowest BCUT2D eigenvalue weighted by molar-refractivity contribution is 0.0488. The second-order valence-corrected chi connectivity index (χ2v) is 7.57. The fraction of sp³-hybridized carbons (Fsp3) is 0.640. The van der Waals surface area contributed by atoms with Gasteiger partial charge in [0.15, 0.2) is 0 Å². The lowest BCUT2D eigenvalue weighted by Crippen LogP contribution is -2.17. The summed E-state index contributed by atoms with van der Waals surface area (Å²) in [5, 5.41) is 0. The van der Waals surface area contributed by atoms with E-state index in [1.807, 2.05) is 27.7 Å². The molecule has 0 spiro atoms. The number of benzene rings is 1. The Hall–Kier alpha value is -2.57. The summed E-state index contributed by atoms with van der Waals surface area (Å²) < 4.78 is 21.9. The van der Waals surface area contributed by atoms with E-state index in [2.05, 4.69) is 0 Å². The molecule has 0 atom stereocenters.